The predicted octanol–water partition coefficient (Wildman–Crippen LogP) is 4.89. The lowest BCUT2D eigenvalue weighted by atomic mass is 9.84. The summed E-state index contributed by atoms with van der Waals surface area (Å²) in [6.07, 6.45) is 15.2. The first-order chi connectivity index (χ1) is 8.27. The van der Waals surface area contributed by atoms with E-state index in [1.54, 1.807) is 0 Å². The maximum Gasteiger partial charge on any atom is 0.00697 e. The third kappa shape index (κ3) is 5.90. The molecule has 1 fully saturated rings. The third-order valence-electron chi connectivity index (χ3n) is 4.65. The zero-order valence-electron chi connectivity index (χ0n) is 12.1. The molecule has 17 heavy (non-hydrogen) atoms. The Morgan fingerprint density at radius 3 is 2.24 bits per heavy atom. The van der Waals surface area contributed by atoms with Crippen molar-refractivity contribution >= 4 is 0 Å². The van der Waals surface area contributed by atoms with Crippen LogP contribution in [0.15, 0.2) is 0 Å². The lowest BCUT2D eigenvalue weighted by Gasteiger charge is -2.26. The van der Waals surface area contributed by atoms with Crippen LogP contribution in [0.4, 0.5) is 0 Å². The fraction of sp³-hybridized carbons (Fsp3) is 1.00. The number of hydrogen-bond acceptors (Lipinski definition) is 1. The molecule has 0 aromatic heterocycles. The Bertz CT molecular complexity index is 170. The van der Waals surface area contributed by atoms with Gasteiger partial charge in [0.25, 0.3) is 0 Å². The highest BCUT2D eigenvalue weighted by atomic mass is 14.7. The molecule has 1 rings (SSSR count). The third-order valence-corrected chi connectivity index (χ3v) is 4.65. The maximum absolute atomic E-state index is 6.47. The molecule has 2 N–H and O–H groups in total. The molecule has 0 heterocycles. The van der Waals surface area contributed by atoms with Gasteiger partial charge < -0.3 is 5.73 Å². The number of hydrogen-bond donors (Lipinski definition) is 1. The van der Waals surface area contributed by atoms with Gasteiger partial charge >= 0.3 is 0 Å². The largest absolute Gasteiger partial charge is 0.327 e. The van der Waals surface area contributed by atoms with Crippen molar-refractivity contribution in [3.63, 3.8) is 0 Å². The van der Waals surface area contributed by atoms with Gasteiger partial charge in [0.1, 0.15) is 0 Å². The zero-order chi connectivity index (χ0) is 12.5. The summed E-state index contributed by atoms with van der Waals surface area (Å²) in [6, 6.07) is 0.481. The molecule has 0 radical (unpaired) electrons. The van der Waals surface area contributed by atoms with Crippen molar-refractivity contribution in [3.8, 4) is 0 Å². The minimum Gasteiger partial charge on any atom is -0.327 e. The highest BCUT2D eigenvalue weighted by Crippen LogP contribution is 2.29. The van der Waals surface area contributed by atoms with Crippen LogP contribution in [0.3, 0.4) is 0 Å². The average Bonchev–Trinajstić information content (AvgIpc) is 2.63. The molecule has 0 aliphatic heterocycles. The zero-order valence-corrected chi connectivity index (χ0v) is 12.1. The quantitative estimate of drug-likeness (QED) is 0.629. The van der Waals surface area contributed by atoms with Crippen molar-refractivity contribution in [1.82, 2.24) is 0 Å². The van der Waals surface area contributed by atoms with Crippen molar-refractivity contribution in [2.24, 2.45) is 17.6 Å². The average molecular weight is 239 g/mol. The van der Waals surface area contributed by atoms with Crippen LogP contribution in [-0.2, 0) is 0 Å². The van der Waals surface area contributed by atoms with E-state index in [0.29, 0.717) is 6.04 Å². The Balaban J connectivity index is 2.31. The van der Waals surface area contributed by atoms with Crippen LogP contribution in [0.25, 0.3) is 0 Å². The molecule has 2 unspecified atom stereocenters. The maximum atomic E-state index is 6.47. The van der Waals surface area contributed by atoms with Gasteiger partial charge in [-0.3, -0.25) is 0 Å². The first-order valence-corrected chi connectivity index (χ1v) is 8.03. The number of nitrogens with two attached hydrogens (primary N) is 1. The monoisotopic (exact) mass is 239 g/mol. The van der Waals surface area contributed by atoms with E-state index < -0.39 is 0 Å². The Labute approximate surface area is 109 Å². The lowest BCUT2D eigenvalue weighted by Crippen LogP contribution is -2.32. The minimum atomic E-state index is 0.481. The SMILES string of the molecule is CCCCC(CC)CC(N)C1CCCCCC1. The molecule has 0 aromatic carbocycles. The van der Waals surface area contributed by atoms with Gasteiger partial charge in [0.15, 0.2) is 0 Å². The second-order valence-corrected chi connectivity index (χ2v) is 6.07. The Hall–Kier alpha value is -0.0400. The lowest BCUT2D eigenvalue weighted by molar-refractivity contribution is 0.296. The molecule has 1 aliphatic rings. The standard InChI is InChI=1S/C16H33N/c1-3-5-10-14(4-2)13-16(17)15-11-8-6-7-9-12-15/h14-16H,3-13,17H2,1-2H3. The minimum absolute atomic E-state index is 0.481. The predicted molar refractivity (Wildman–Crippen MR) is 77.1 cm³/mol. The van der Waals surface area contributed by atoms with E-state index in [0.717, 1.165) is 11.8 Å². The molecule has 102 valence electrons. The molecule has 0 bridgehead atoms. The molecule has 0 spiro atoms. The van der Waals surface area contributed by atoms with Gasteiger partial charge in [-0.05, 0) is 31.1 Å². The molecule has 0 aromatic rings. The fourth-order valence-electron chi connectivity index (χ4n) is 3.30. The number of unbranched alkanes of at least 4 members (excludes halogenated alkanes) is 1. The van der Waals surface area contributed by atoms with Gasteiger partial charge in [0.2, 0.25) is 0 Å². The topological polar surface area (TPSA) is 26.0 Å². The Morgan fingerprint density at radius 2 is 1.71 bits per heavy atom. The summed E-state index contributed by atoms with van der Waals surface area (Å²) in [5.41, 5.74) is 6.47. The fourth-order valence-corrected chi connectivity index (χ4v) is 3.30. The molecule has 1 saturated carbocycles. The summed E-state index contributed by atoms with van der Waals surface area (Å²) in [4.78, 5) is 0. The van der Waals surface area contributed by atoms with E-state index in [9.17, 15) is 0 Å². The van der Waals surface area contributed by atoms with E-state index in [2.05, 4.69) is 13.8 Å². The van der Waals surface area contributed by atoms with Crippen molar-refractivity contribution in [1.29, 1.82) is 0 Å². The highest BCUT2D eigenvalue weighted by molar-refractivity contribution is 4.78. The first-order valence-electron chi connectivity index (χ1n) is 8.03. The van der Waals surface area contributed by atoms with E-state index >= 15 is 0 Å². The second-order valence-electron chi connectivity index (χ2n) is 6.07. The molecule has 2 atom stereocenters. The molecular weight excluding hydrogens is 206 g/mol. The van der Waals surface area contributed by atoms with Gasteiger partial charge in [-0.1, -0.05) is 65.2 Å². The molecular formula is C16H33N. The van der Waals surface area contributed by atoms with Crippen LogP contribution in [0, 0.1) is 11.8 Å². The molecule has 1 heteroatoms. The highest BCUT2D eigenvalue weighted by Gasteiger charge is 2.21. The van der Waals surface area contributed by atoms with E-state index in [1.807, 2.05) is 0 Å². The van der Waals surface area contributed by atoms with Crippen LogP contribution in [0.1, 0.15) is 84.5 Å². The summed E-state index contributed by atoms with van der Waals surface area (Å²) in [5, 5.41) is 0. The normalized spacial score (nSPS) is 22.1. The van der Waals surface area contributed by atoms with Crippen molar-refractivity contribution in [2.45, 2.75) is 90.5 Å². The smallest absolute Gasteiger partial charge is 0.00697 e. The van der Waals surface area contributed by atoms with Crippen molar-refractivity contribution in [3.05, 3.63) is 0 Å². The van der Waals surface area contributed by atoms with Crippen LogP contribution in [0.5, 0.6) is 0 Å². The summed E-state index contributed by atoms with van der Waals surface area (Å²) in [6.45, 7) is 4.62. The summed E-state index contributed by atoms with van der Waals surface area (Å²) in [5.74, 6) is 1.71. The van der Waals surface area contributed by atoms with Gasteiger partial charge in [-0.2, -0.15) is 0 Å². The summed E-state index contributed by atoms with van der Waals surface area (Å²) >= 11 is 0. The first kappa shape index (κ1) is 15.0. The molecule has 1 nitrogen and oxygen atoms in total. The van der Waals surface area contributed by atoms with Crippen molar-refractivity contribution in [2.75, 3.05) is 0 Å². The van der Waals surface area contributed by atoms with Crippen LogP contribution in [0.2, 0.25) is 0 Å². The van der Waals surface area contributed by atoms with Crippen LogP contribution < -0.4 is 5.73 Å². The van der Waals surface area contributed by atoms with E-state index in [4.69, 9.17) is 5.73 Å². The molecule has 0 saturated heterocycles. The van der Waals surface area contributed by atoms with Gasteiger partial charge in [0.05, 0.1) is 0 Å². The Morgan fingerprint density at radius 1 is 1.06 bits per heavy atom. The molecule has 0 amide bonds. The van der Waals surface area contributed by atoms with Gasteiger partial charge in [0, 0.05) is 6.04 Å². The molecule has 1 aliphatic carbocycles. The van der Waals surface area contributed by atoms with Crippen LogP contribution in [-0.4, -0.2) is 6.04 Å². The summed E-state index contributed by atoms with van der Waals surface area (Å²) in [7, 11) is 0. The van der Waals surface area contributed by atoms with Gasteiger partial charge in [-0.15, -0.1) is 0 Å². The summed E-state index contributed by atoms with van der Waals surface area (Å²) < 4.78 is 0. The van der Waals surface area contributed by atoms with Gasteiger partial charge in [-0.25, -0.2) is 0 Å². The van der Waals surface area contributed by atoms with Crippen molar-refractivity contribution < 1.29 is 0 Å². The second kappa shape index (κ2) is 8.97. The Kier molecular flexibility index (Phi) is 7.92. The van der Waals surface area contributed by atoms with E-state index in [1.165, 1.54) is 70.6 Å². The van der Waals surface area contributed by atoms with Crippen LogP contribution >= 0.6 is 0 Å². The van der Waals surface area contributed by atoms with E-state index in [-0.39, 0.29) is 0 Å². The number of rotatable bonds is 7.